The number of halogens is 4. The number of rotatable bonds is 8. The van der Waals surface area contributed by atoms with Crippen LogP contribution in [0.5, 0.6) is 11.5 Å². The summed E-state index contributed by atoms with van der Waals surface area (Å²) in [4.78, 5) is 18.5. The summed E-state index contributed by atoms with van der Waals surface area (Å²) in [5.41, 5.74) is 1.29. The maximum absolute atomic E-state index is 15.1. The molecule has 1 heterocycles. The van der Waals surface area contributed by atoms with Crippen molar-refractivity contribution in [2.75, 3.05) is 0 Å². The van der Waals surface area contributed by atoms with Gasteiger partial charge >= 0.3 is 0 Å². The Balaban J connectivity index is 1.79. The summed E-state index contributed by atoms with van der Waals surface area (Å²) >= 11 is 18.2. The van der Waals surface area contributed by atoms with E-state index in [1.165, 1.54) is 18.5 Å². The van der Waals surface area contributed by atoms with Gasteiger partial charge in [0, 0.05) is 17.1 Å². The van der Waals surface area contributed by atoms with Crippen molar-refractivity contribution in [3.8, 4) is 11.5 Å². The topological polar surface area (TPSA) is 67.0 Å². The van der Waals surface area contributed by atoms with Crippen molar-refractivity contribution in [3.63, 3.8) is 0 Å². The predicted molar refractivity (Wildman–Crippen MR) is 116 cm³/mol. The van der Waals surface area contributed by atoms with Gasteiger partial charge in [-0.15, -0.1) is 0 Å². The minimum atomic E-state index is -0.673. The zero-order valence-corrected chi connectivity index (χ0v) is 18.3. The lowest BCUT2D eigenvalue weighted by atomic mass is 10.1. The molecule has 0 aliphatic carbocycles. The number of ether oxygens (including phenoxy) is 1. The summed E-state index contributed by atoms with van der Waals surface area (Å²) in [5, 5.41) is 3.22. The Labute approximate surface area is 188 Å². The van der Waals surface area contributed by atoms with Gasteiger partial charge in [-0.25, -0.2) is 9.37 Å². The van der Waals surface area contributed by atoms with Gasteiger partial charge in [0.1, 0.15) is 11.4 Å². The van der Waals surface area contributed by atoms with E-state index in [4.69, 9.17) is 39.5 Å². The Kier molecular flexibility index (Phi) is 7.58. The first-order valence-electron chi connectivity index (χ1n) is 9.30. The highest BCUT2D eigenvalue weighted by atomic mass is 35.5. The smallest absolute Gasteiger partial charge is 0.271 e. The highest BCUT2D eigenvalue weighted by Crippen LogP contribution is 2.35. The third kappa shape index (κ3) is 5.45. The maximum atomic E-state index is 15.1. The predicted octanol–water partition coefficient (Wildman–Crippen LogP) is 6.57. The van der Waals surface area contributed by atoms with Gasteiger partial charge in [0.25, 0.3) is 5.91 Å². The van der Waals surface area contributed by atoms with Crippen LogP contribution in [0.4, 0.5) is 4.39 Å². The summed E-state index contributed by atoms with van der Waals surface area (Å²) in [6.07, 6.45) is 4.18. The first-order valence-corrected chi connectivity index (χ1v) is 10.4. The lowest BCUT2D eigenvalue weighted by Crippen LogP contribution is -2.24. The minimum absolute atomic E-state index is 0.0351. The molecule has 0 aliphatic rings. The van der Waals surface area contributed by atoms with Crippen LogP contribution in [0.1, 0.15) is 41.4 Å². The monoisotopic (exact) mass is 469 g/mol. The van der Waals surface area contributed by atoms with Gasteiger partial charge < -0.3 is 15.0 Å². The second kappa shape index (κ2) is 10.2. The zero-order chi connectivity index (χ0) is 21.7. The Morgan fingerprint density at radius 1 is 1.23 bits per heavy atom. The molecule has 2 N–H and O–H groups in total. The van der Waals surface area contributed by atoms with E-state index in [0.29, 0.717) is 10.8 Å². The number of hydrogen-bond donors (Lipinski definition) is 2. The first-order chi connectivity index (χ1) is 14.4. The van der Waals surface area contributed by atoms with Gasteiger partial charge in [-0.1, -0.05) is 54.2 Å². The summed E-state index contributed by atoms with van der Waals surface area (Å²) in [7, 11) is 0. The molecule has 0 saturated heterocycles. The zero-order valence-electron chi connectivity index (χ0n) is 16.1. The molecule has 0 atom stereocenters. The number of aromatic amines is 1. The standard InChI is InChI=1S/C21H19Cl3FN3O2/c1-2-3-4-12-7-14(22)9-15(8-12)30-19-16(23)6-5-13(17(19)25)10-26-21(29)18-20(24)28-11-27-18/h5-9,11H,2-4,10H2,1H3,(H,26,29)(H,27,28). The molecule has 0 spiro atoms. The number of nitrogens with one attached hydrogen (secondary N) is 2. The quantitative estimate of drug-likeness (QED) is 0.391. The second-order valence-electron chi connectivity index (χ2n) is 6.60. The summed E-state index contributed by atoms with van der Waals surface area (Å²) < 4.78 is 20.8. The van der Waals surface area contributed by atoms with Crippen molar-refractivity contribution in [1.82, 2.24) is 15.3 Å². The molecule has 3 rings (SSSR count). The lowest BCUT2D eigenvalue weighted by molar-refractivity contribution is 0.0946. The molecular weight excluding hydrogens is 452 g/mol. The molecule has 5 nitrogen and oxygen atoms in total. The van der Waals surface area contributed by atoms with Gasteiger partial charge in [0.05, 0.1) is 11.3 Å². The number of hydrogen-bond acceptors (Lipinski definition) is 3. The van der Waals surface area contributed by atoms with Crippen LogP contribution in [0.15, 0.2) is 36.7 Å². The Hall–Kier alpha value is -2.28. The number of benzene rings is 2. The van der Waals surface area contributed by atoms with Crippen LogP contribution < -0.4 is 10.1 Å². The number of imidazole rings is 1. The highest BCUT2D eigenvalue weighted by molar-refractivity contribution is 6.32. The van der Waals surface area contributed by atoms with E-state index >= 15 is 4.39 Å². The highest BCUT2D eigenvalue weighted by Gasteiger charge is 2.18. The molecular formula is C21H19Cl3FN3O2. The van der Waals surface area contributed by atoms with E-state index in [1.807, 2.05) is 12.1 Å². The summed E-state index contributed by atoms with van der Waals surface area (Å²) in [5.74, 6) is -0.926. The van der Waals surface area contributed by atoms with Crippen LogP contribution in [0.25, 0.3) is 0 Å². The van der Waals surface area contributed by atoms with Crippen molar-refractivity contribution < 1.29 is 13.9 Å². The van der Waals surface area contributed by atoms with E-state index in [-0.39, 0.29) is 33.7 Å². The largest absolute Gasteiger partial charge is 0.453 e. The van der Waals surface area contributed by atoms with Crippen molar-refractivity contribution in [2.45, 2.75) is 32.7 Å². The molecule has 9 heteroatoms. The van der Waals surface area contributed by atoms with Crippen LogP contribution in [0.3, 0.4) is 0 Å². The Morgan fingerprint density at radius 3 is 2.73 bits per heavy atom. The van der Waals surface area contributed by atoms with Crippen LogP contribution in [0.2, 0.25) is 15.2 Å². The van der Waals surface area contributed by atoms with Crippen LogP contribution in [0, 0.1) is 5.82 Å². The van der Waals surface area contributed by atoms with Gasteiger partial charge in [0.2, 0.25) is 0 Å². The Morgan fingerprint density at radius 2 is 2.03 bits per heavy atom. The molecule has 0 unspecified atom stereocenters. The number of amides is 1. The molecule has 1 amide bonds. The van der Waals surface area contributed by atoms with Gasteiger partial charge in [0.15, 0.2) is 16.7 Å². The van der Waals surface area contributed by atoms with E-state index in [2.05, 4.69) is 22.2 Å². The normalized spacial score (nSPS) is 10.8. The first kappa shape index (κ1) is 22.4. The summed E-state index contributed by atoms with van der Waals surface area (Å²) in [6.45, 7) is 2.01. The number of H-pyrrole nitrogens is 1. The fraction of sp³-hybridized carbons (Fsp3) is 0.238. The molecule has 1 aromatic heterocycles. The fourth-order valence-corrected chi connectivity index (χ4v) is 3.45. The van der Waals surface area contributed by atoms with E-state index < -0.39 is 11.7 Å². The molecule has 3 aromatic rings. The van der Waals surface area contributed by atoms with Crippen LogP contribution in [-0.2, 0) is 13.0 Å². The molecule has 0 saturated carbocycles. The summed E-state index contributed by atoms with van der Waals surface area (Å²) in [6, 6.07) is 8.25. The number of aryl methyl sites for hydroxylation is 1. The Bertz CT molecular complexity index is 1060. The van der Waals surface area contributed by atoms with Crippen molar-refractivity contribution in [3.05, 3.63) is 74.5 Å². The molecule has 0 fully saturated rings. The molecule has 0 aliphatic heterocycles. The number of carbonyl (C=O) groups excluding carboxylic acids is 1. The second-order valence-corrected chi connectivity index (χ2v) is 7.80. The molecule has 2 aromatic carbocycles. The number of unbranched alkanes of at least 4 members (excludes halogenated alkanes) is 1. The molecule has 30 heavy (non-hydrogen) atoms. The van der Waals surface area contributed by atoms with Crippen molar-refractivity contribution >= 4 is 40.7 Å². The number of aromatic nitrogens is 2. The SMILES string of the molecule is CCCCc1cc(Cl)cc(Oc2c(Cl)ccc(CNC(=O)c3[nH]cnc3Cl)c2F)c1. The van der Waals surface area contributed by atoms with Crippen LogP contribution >= 0.6 is 34.8 Å². The van der Waals surface area contributed by atoms with Crippen molar-refractivity contribution in [2.24, 2.45) is 0 Å². The number of nitrogens with zero attached hydrogens (tertiary/aromatic N) is 1. The molecule has 158 valence electrons. The average Bonchev–Trinajstić information content (AvgIpc) is 3.14. The van der Waals surface area contributed by atoms with Crippen LogP contribution in [-0.4, -0.2) is 15.9 Å². The third-order valence-corrected chi connectivity index (χ3v) is 5.16. The van der Waals surface area contributed by atoms with Crippen molar-refractivity contribution in [1.29, 1.82) is 0 Å². The van der Waals surface area contributed by atoms with E-state index in [0.717, 1.165) is 24.8 Å². The third-order valence-electron chi connectivity index (χ3n) is 4.36. The van der Waals surface area contributed by atoms with E-state index in [9.17, 15) is 4.79 Å². The lowest BCUT2D eigenvalue weighted by Gasteiger charge is -2.13. The van der Waals surface area contributed by atoms with Gasteiger partial charge in [-0.3, -0.25) is 4.79 Å². The van der Waals surface area contributed by atoms with E-state index in [1.54, 1.807) is 6.07 Å². The maximum Gasteiger partial charge on any atom is 0.271 e. The minimum Gasteiger partial charge on any atom is -0.453 e. The fourth-order valence-electron chi connectivity index (χ4n) is 2.83. The molecule has 0 radical (unpaired) electrons. The molecule has 0 bridgehead atoms. The van der Waals surface area contributed by atoms with Gasteiger partial charge in [-0.05, 0) is 42.7 Å². The average molecular weight is 471 g/mol. The van der Waals surface area contributed by atoms with Gasteiger partial charge in [-0.2, -0.15) is 0 Å². The number of carbonyl (C=O) groups is 1.